The average molecular weight is 326 g/mol. The van der Waals surface area contributed by atoms with Gasteiger partial charge in [-0.25, -0.2) is 4.79 Å². The number of fused-ring (bicyclic) bond motifs is 1. The summed E-state index contributed by atoms with van der Waals surface area (Å²) in [5.41, 5.74) is 0.492. The van der Waals surface area contributed by atoms with E-state index in [2.05, 4.69) is 15.9 Å². The lowest BCUT2D eigenvalue weighted by Gasteiger charge is -2.25. The van der Waals surface area contributed by atoms with Crippen molar-refractivity contribution < 1.29 is 19.5 Å². The molecular formula is C13H12BrNO4. The minimum atomic E-state index is -1.18. The minimum absolute atomic E-state index is 0.242. The summed E-state index contributed by atoms with van der Waals surface area (Å²) in [6.45, 7) is 3.33. The monoisotopic (exact) mass is 325 g/mol. The van der Waals surface area contributed by atoms with E-state index in [0.717, 1.165) is 4.90 Å². The van der Waals surface area contributed by atoms with Crippen molar-refractivity contribution in [2.45, 2.75) is 19.9 Å². The van der Waals surface area contributed by atoms with E-state index in [1.165, 1.54) is 12.1 Å². The molecule has 0 radical (unpaired) electrons. The van der Waals surface area contributed by atoms with Gasteiger partial charge in [-0.3, -0.25) is 14.5 Å². The molecule has 5 nitrogen and oxygen atoms in total. The Balaban J connectivity index is 2.50. The predicted molar refractivity (Wildman–Crippen MR) is 70.9 cm³/mol. The summed E-state index contributed by atoms with van der Waals surface area (Å²) in [5.74, 6) is -2.64. The molecule has 2 amide bonds. The molecule has 2 rings (SSSR count). The fourth-order valence-corrected chi connectivity index (χ4v) is 2.54. The number of hydrogen-bond acceptors (Lipinski definition) is 3. The molecule has 0 aliphatic carbocycles. The number of nitrogens with zero attached hydrogens (tertiary/aromatic N) is 1. The Morgan fingerprint density at radius 3 is 2.32 bits per heavy atom. The van der Waals surface area contributed by atoms with Gasteiger partial charge in [0.25, 0.3) is 11.8 Å². The summed E-state index contributed by atoms with van der Waals surface area (Å²) in [7, 11) is 0. The maximum absolute atomic E-state index is 12.2. The lowest BCUT2D eigenvalue weighted by atomic mass is 10.0. The fourth-order valence-electron chi connectivity index (χ4n) is 2.18. The first-order valence-corrected chi connectivity index (χ1v) is 6.54. The largest absolute Gasteiger partial charge is 0.480 e. The highest BCUT2D eigenvalue weighted by Gasteiger charge is 2.44. The third-order valence-corrected chi connectivity index (χ3v) is 3.54. The molecule has 0 fully saturated rings. The van der Waals surface area contributed by atoms with Crippen LogP contribution in [-0.2, 0) is 4.79 Å². The molecule has 6 heteroatoms. The van der Waals surface area contributed by atoms with Gasteiger partial charge in [-0.2, -0.15) is 0 Å². The summed E-state index contributed by atoms with van der Waals surface area (Å²) in [4.78, 5) is 36.5. The van der Waals surface area contributed by atoms with Gasteiger partial charge in [0.05, 0.1) is 11.1 Å². The summed E-state index contributed by atoms with van der Waals surface area (Å²) < 4.78 is 0.672. The van der Waals surface area contributed by atoms with Crippen molar-refractivity contribution in [1.29, 1.82) is 0 Å². The number of carboxylic acids is 1. The molecule has 0 spiro atoms. The van der Waals surface area contributed by atoms with E-state index in [9.17, 15) is 19.5 Å². The Hall–Kier alpha value is -1.69. The van der Waals surface area contributed by atoms with E-state index >= 15 is 0 Å². The highest BCUT2D eigenvalue weighted by Crippen LogP contribution is 2.29. The molecule has 1 aliphatic rings. The van der Waals surface area contributed by atoms with E-state index in [0.29, 0.717) is 4.47 Å². The molecule has 0 saturated heterocycles. The zero-order chi connectivity index (χ0) is 14.3. The number of amides is 2. The normalized spacial score (nSPS) is 15.9. The lowest BCUT2D eigenvalue weighted by molar-refractivity contribution is -0.143. The second kappa shape index (κ2) is 4.77. The summed E-state index contributed by atoms with van der Waals surface area (Å²) in [6.07, 6.45) is 0. The molecule has 0 bridgehead atoms. The van der Waals surface area contributed by atoms with Gasteiger partial charge in [-0.1, -0.05) is 29.8 Å². The molecule has 1 aromatic rings. The lowest BCUT2D eigenvalue weighted by Crippen LogP contribution is -2.47. The van der Waals surface area contributed by atoms with Crippen molar-refractivity contribution in [3.05, 3.63) is 33.8 Å². The van der Waals surface area contributed by atoms with Crippen LogP contribution >= 0.6 is 15.9 Å². The highest BCUT2D eigenvalue weighted by molar-refractivity contribution is 9.10. The molecule has 0 saturated carbocycles. The van der Waals surface area contributed by atoms with Crippen LogP contribution in [0.1, 0.15) is 34.6 Å². The van der Waals surface area contributed by atoms with Gasteiger partial charge >= 0.3 is 5.97 Å². The van der Waals surface area contributed by atoms with E-state index in [-0.39, 0.29) is 17.0 Å². The van der Waals surface area contributed by atoms with Crippen molar-refractivity contribution in [2.24, 2.45) is 5.92 Å². The topological polar surface area (TPSA) is 74.7 Å². The average Bonchev–Trinajstić information content (AvgIpc) is 2.53. The molecule has 1 heterocycles. The van der Waals surface area contributed by atoms with Gasteiger partial charge in [0, 0.05) is 4.47 Å². The van der Waals surface area contributed by atoms with Crippen LogP contribution in [0.2, 0.25) is 0 Å². The Bertz CT molecular complexity index is 582. The van der Waals surface area contributed by atoms with Crippen molar-refractivity contribution in [2.75, 3.05) is 0 Å². The minimum Gasteiger partial charge on any atom is -0.480 e. The number of imide groups is 1. The first kappa shape index (κ1) is 13.7. The number of rotatable bonds is 3. The smallest absolute Gasteiger partial charge is 0.327 e. The van der Waals surface area contributed by atoms with Gasteiger partial charge < -0.3 is 5.11 Å². The Morgan fingerprint density at radius 1 is 1.21 bits per heavy atom. The van der Waals surface area contributed by atoms with Crippen LogP contribution in [-0.4, -0.2) is 33.8 Å². The van der Waals surface area contributed by atoms with Gasteiger partial charge in [0.1, 0.15) is 6.04 Å². The number of carbonyl (C=O) groups excluding carboxylic acids is 2. The van der Waals surface area contributed by atoms with Gasteiger partial charge in [-0.05, 0) is 24.1 Å². The van der Waals surface area contributed by atoms with Crippen LogP contribution in [0.4, 0.5) is 0 Å². The quantitative estimate of drug-likeness (QED) is 0.864. The Morgan fingerprint density at radius 2 is 1.79 bits per heavy atom. The summed E-state index contributed by atoms with van der Waals surface area (Å²) in [5, 5.41) is 9.22. The fraction of sp³-hybridized carbons (Fsp3) is 0.308. The van der Waals surface area contributed by atoms with Gasteiger partial charge in [-0.15, -0.1) is 0 Å². The van der Waals surface area contributed by atoms with Crippen LogP contribution in [0.15, 0.2) is 22.7 Å². The summed E-state index contributed by atoms with van der Waals surface area (Å²) in [6, 6.07) is 3.57. The third-order valence-electron chi connectivity index (χ3n) is 3.04. The first-order valence-electron chi connectivity index (χ1n) is 5.75. The highest BCUT2D eigenvalue weighted by atomic mass is 79.9. The molecule has 100 valence electrons. The first-order chi connectivity index (χ1) is 8.84. The van der Waals surface area contributed by atoms with Crippen molar-refractivity contribution in [3.8, 4) is 0 Å². The van der Waals surface area contributed by atoms with Gasteiger partial charge in [0.15, 0.2) is 0 Å². The van der Waals surface area contributed by atoms with Crippen molar-refractivity contribution in [3.63, 3.8) is 0 Å². The van der Waals surface area contributed by atoms with E-state index in [4.69, 9.17) is 0 Å². The molecule has 19 heavy (non-hydrogen) atoms. The van der Waals surface area contributed by atoms with Crippen molar-refractivity contribution in [1.82, 2.24) is 4.90 Å². The molecule has 1 atom stereocenters. The number of benzene rings is 1. The zero-order valence-corrected chi connectivity index (χ0v) is 12.0. The maximum Gasteiger partial charge on any atom is 0.327 e. The zero-order valence-electron chi connectivity index (χ0n) is 10.4. The predicted octanol–water partition coefficient (Wildman–Crippen LogP) is 2.15. The van der Waals surface area contributed by atoms with Gasteiger partial charge in [0.2, 0.25) is 0 Å². The number of carbonyl (C=O) groups is 3. The molecule has 1 aromatic carbocycles. The summed E-state index contributed by atoms with van der Waals surface area (Å²) >= 11 is 3.23. The second-order valence-corrected chi connectivity index (χ2v) is 5.61. The molecule has 0 aromatic heterocycles. The Labute approximate surface area is 118 Å². The van der Waals surface area contributed by atoms with Crippen LogP contribution in [0.25, 0.3) is 0 Å². The van der Waals surface area contributed by atoms with E-state index in [1.54, 1.807) is 19.9 Å². The molecule has 1 aliphatic heterocycles. The maximum atomic E-state index is 12.2. The Kier molecular flexibility index (Phi) is 3.45. The van der Waals surface area contributed by atoms with Crippen LogP contribution in [0.3, 0.4) is 0 Å². The molecular weight excluding hydrogens is 314 g/mol. The molecule has 0 unspecified atom stereocenters. The van der Waals surface area contributed by atoms with Crippen LogP contribution in [0.5, 0.6) is 0 Å². The number of carboxylic acid groups (broad SMARTS) is 1. The molecule has 1 N–H and O–H groups in total. The van der Waals surface area contributed by atoms with Crippen molar-refractivity contribution >= 4 is 33.7 Å². The van der Waals surface area contributed by atoms with E-state index < -0.39 is 23.8 Å². The van der Waals surface area contributed by atoms with E-state index in [1.807, 2.05) is 0 Å². The SMILES string of the molecule is CC(C)[C@H](C(=O)O)N1C(=O)c2ccc(Br)cc2C1=O. The van der Waals surface area contributed by atoms with Crippen LogP contribution in [0, 0.1) is 5.92 Å². The number of aliphatic carboxylic acids is 1. The standard InChI is InChI=1S/C13H12BrNO4/c1-6(2)10(13(18)19)15-11(16)8-4-3-7(14)5-9(8)12(15)17/h3-6,10H,1-2H3,(H,18,19)/t10-/m1/s1. The second-order valence-electron chi connectivity index (χ2n) is 4.70. The third kappa shape index (κ3) is 2.16. The number of hydrogen-bond donors (Lipinski definition) is 1. The van der Waals surface area contributed by atoms with Crippen LogP contribution < -0.4 is 0 Å². The number of halogens is 1.